The normalized spacial score (nSPS) is 15.8. The number of aryl methyl sites for hydroxylation is 1. The fourth-order valence-corrected chi connectivity index (χ4v) is 1.47. The number of aliphatic hydroxyl groups excluding tert-OH is 1. The zero-order valence-electron chi connectivity index (χ0n) is 8.70. The monoisotopic (exact) mass is 182 g/mol. The Labute approximate surface area is 79.2 Å². The van der Waals surface area contributed by atoms with E-state index in [9.17, 15) is 5.11 Å². The summed E-state index contributed by atoms with van der Waals surface area (Å²) in [5.74, 6) is 0. The van der Waals surface area contributed by atoms with Gasteiger partial charge in [0.25, 0.3) is 0 Å². The molecule has 0 saturated heterocycles. The summed E-state index contributed by atoms with van der Waals surface area (Å²) in [5, 5.41) is 9.78. The van der Waals surface area contributed by atoms with Crippen LogP contribution in [-0.2, 0) is 7.05 Å². The van der Waals surface area contributed by atoms with Crippen LogP contribution in [0.25, 0.3) is 0 Å². The zero-order valence-corrected chi connectivity index (χ0v) is 8.70. The van der Waals surface area contributed by atoms with Crippen molar-refractivity contribution in [3.8, 4) is 0 Å². The van der Waals surface area contributed by atoms with Gasteiger partial charge in [0.15, 0.2) is 0 Å². The molecule has 13 heavy (non-hydrogen) atoms. The predicted octanol–water partition coefficient (Wildman–Crippen LogP) is 1.02. The molecule has 2 unspecified atom stereocenters. The Hall–Kier alpha value is -0.800. The van der Waals surface area contributed by atoms with Gasteiger partial charge in [-0.25, -0.2) is 0 Å². The fourth-order valence-electron chi connectivity index (χ4n) is 1.47. The second-order valence-electron chi connectivity index (χ2n) is 3.69. The largest absolute Gasteiger partial charge is 0.387 e. The van der Waals surface area contributed by atoms with Gasteiger partial charge in [-0.3, -0.25) is 0 Å². The second-order valence-corrected chi connectivity index (χ2v) is 3.69. The third kappa shape index (κ3) is 1.76. The van der Waals surface area contributed by atoms with E-state index in [2.05, 4.69) is 4.57 Å². The minimum Gasteiger partial charge on any atom is -0.387 e. The van der Waals surface area contributed by atoms with Crippen molar-refractivity contribution in [1.82, 2.24) is 4.57 Å². The summed E-state index contributed by atoms with van der Waals surface area (Å²) in [6, 6.07) is 1.77. The number of nitrogens with two attached hydrogens (primary N) is 1. The molecule has 1 rings (SSSR count). The van der Waals surface area contributed by atoms with Crippen molar-refractivity contribution in [2.75, 3.05) is 0 Å². The van der Waals surface area contributed by atoms with E-state index in [1.807, 2.05) is 33.9 Å². The Balaban J connectivity index is 3.08. The van der Waals surface area contributed by atoms with E-state index in [0.717, 1.165) is 17.0 Å². The second kappa shape index (κ2) is 3.52. The van der Waals surface area contributed by atoms with Crippen molar-refractivity contribution < 1.29 is 5.11 Å². The summed E-state index contributed by atoms with van der Waals surface area (Å²) in [6.07, 6.45) is -0.556. The van der Waals surface area contributed by atoms with E-state index in [1.54, 1.807) is 0 Å². The predicted molar refractivity (Wildman–Crippen MR) is 53.5 cm³/mol. The molecule has 0 radical (unpaired) electrons. The highest BCUT2D eigenvalue weighted by atomic mass is 16.3. The van der Waals surface area contributed by atoms with Crippen LogP contribution in [0.2, 0.25) is 0 Å². The summed E-state index contributed by atoms with van der Waals surface area (Å²) in [6.45, 7) is 5.82. The van der Waals surface area contributed by atoms with Gasteiger partial charge in [-0.05, 0) is 26.8 Å². The lowest BCUT2D eigenvalue weighted by Crippen LogP contribution is -2.24. The lowest BCUT2D eigenvalue weighted by molar-refractivity contribution is 0.152. The molecule has 3 N–H and O–H groups in total. The van der Waals surface area contributed by atoms with Crippen molar-refractivity contribution in [2.24, 2.45) is 12.8 Å². The highest BCUT2D eigenvalue weighted by molar-refractivity contribution is 5.29. The van der Waals surface area contributed by atoms with E-state index in [4.69, 9.17) is 5.73 Å². The summed E-state index contributed by atoms with van der Waals surface area (Å²) in [7, 11) is 1.99. The summed E-state index contributed by atoms with van der Waals surface area (Å²) < 4.78 is 2.06. The SMILES string of the molecule is Cc1cc(C(O)C(C)N)c(C)n1C. The first-order chi connectivity index (χ1) is 5.95. The van der Waals surface area contributed by atoms with Crippen LogP contribution >= 0.6 is 0 Å². The molecular weight excluding hydrogens is 164 g/mol. The van der Waals surface area contributed by atoms with Crippen LogP contribution in [0.3, 0.4) is 0 Å². The van der Waals surface area contributed by atoms with Crippen molar-refractivity contribution >= 4 is 0 Å². The van der Waals surface area contributed by atoms with Gasteiger partial charge in [0.2, 0.25) is 0 Å². The number of hydrogen-bond donors (Lipinski definition) is 2. The maximum atomic E-state index is 9.78. The molecule has 0 spiro atoms. The van der Waals surface area contributed by atoms with Crippen molar-refractivity contribution in [3.05, 3.63) is 23.0 Å². The highest BCUT2D eigenvalue weighted by Crippen LogP contribution is 2.22. The first-order valence-electron chi connectivity index (χ1n) is 4.51. The Kier molecular flexibility index (Phi) is 2.78. The highest BCUT2D eigenvalue weighted by Gasteiger charge is 2.17. The van der Waals surface area contributed by atoms with E-state index in [1.165, 1.54) is 0 Å². The molecule has 0 fully saturated rings. The maximum Gasteiger partial charge on any atom is 0.0955 e. The average Bonchev–Trinajstić information content (AvgIpc) is 2.31. The lowest BCUT2D eigenvalue weighted by Gasteiger charge is -2.14. The molecule has 3 nitrogen and oxygen atoms in total. The minimum absolute atomic E-state index is 0.222. The number of aromatic nitrogens is 1. The number of nitrogens with zero attached hydrogens (tertiary/aromatic N) is 1. The van der Waals surface area contributed by atoms with Crippen LogP contribution < -0.4 is 5.73 Å². The van der Waals surface area contributed by atoms with Crippen LogP contribution in [0.1, 0.15) is 30.0 Å². The molecule has 0 bridgehead atoms. The molecule has 0 aliphatic carbocycles. The Bertz CT molecular complexity index is 302. The first-order valence-corrected chi connectivity index (χ1v) is 4.51. The fraction of sp³-hybridized carbons (Fsp3) is 0.600. The standard InChI is InChI=1S/C10H18N2O/c1-6-5-9(8(3)12(6)4)10(13)7(2)11/h5,7,10,13H,11H2,1-4H3. The molecule has 0 saturated carbocycles. The van der Waals surface area contributed by atoms with Crippen molar-refractivity contribution in [1.29, 1.82) is 0 Å². The molecule has 1 aromatic heterocycles. The third-order valence-electron chi connectivity index (χ3n) is 2.63. The van der Waals surface area contributed by atoms with Gasteiger partial charge >= 0.3 is 0 Å². The molecule has 1 aromatic rings. The van der Waals surface area contributed by atoms with Crippen LogP contribution in [0.5, 0.6) is 0 Å². The molecule has 2 atom stereocenters. The number of rotatable bonds is 2. The Morgan fingerprint density at radius 3 is 2.31 bits per heavy atom. The van der Waals surface area contributed by atoms with Gasteiger partial charge in [0, 0.05) is 30.0 Å². The molecule has 0 aromatic carbocycles. The third-order valence-corrected chi connectivity index (χ3v) is 2.63. The lowest BCUT2D eigenvalue weighted by atomic mass is 10.1. The van der Waals surface area contributed by atoms with Crippen LogP contribution in [0.4, 0.5) is 0 Å². The smallest absolute Gasteiger partial charge is 0.0955 e. The Morgan fingerprint density at radius 2 is 2.00 bits per heavy atom. The molecule has 0 aliphatic rings. The van der Waals surface area contributed by atoms with E-state index in [-0.39, 0.29) is 6.04 Å². The van der Waals surface area contributed by atoms with Gasteiger partial charge < -0.3 is 15.4 Å². The average molecular weight is 182 g/mol. The molecule has 74 valence electrons. The number of aliphatic hydroxyl groups is 1. The summed E-state index contributed by atoms with van der Waals surface area (Å²) in [5.41, 5.74) is 8.81. The van der Waals surface area contributed by atoms with Gasteiger partial charge in [0.05, 0.1) is 6.10 Å². The summed E-state index contributed by atoms with van der Waals surface area (Å²) in [4.78, 5) is 0. The summed E-state index contributed by atoms with van der Waals surface area (Å²) >= 11 is 0. The van der Waals surface area contributed by atoms with E-state index >= 15 is 0 Å². The molecule has 3 heteroatoms. The van der Waals surface area contributed by atoms with Crippen LogP contribution in [0, 0.1) is 13.8 Å². The van der Waals surface area contributed by atoms with Crippen molar-refractivity contribution in [2.45, 2.75) is 32.9 Å². The minimum atomic E-state index is -0.556. The molecule has 0 amide bonds. The van der Waals surface area contributed by atoms with Gasteiger partial charge in [-0.2, -0.15) is 0 Å². The Morgan fingerprint density at radius 1 is 1.46 bits per heavy atom. The molecule has 1 heterocycles. The van der Waals surface area contributed by atoms with Gasteiger partial charge in [0.1, 0.15) is 0 Å². The molecule has 0 aliphatic heterocycles. The van der Waals surface area contributed by atoms with Gasteiger partial charge in [-0.1, -0.05) is 0 Å². The van der Waals surface area contributed by atoms with Crippen molar-refractivity contribution in [3.63, 3.8) is 0 Å². The van der Waals surface area contributed by atoms with Gasteiger partial charge in [-0.15, -0.1) is 0 Å². The zero-order chi connectivity index (χ0) is 10.2. The quantitative estimate of drug-likeness (QED) is 0.717. The van der Waals surface area contributed by atoms with E-state index in [0.29, 0.717) is 0 Å². The van der Waals surface area contributed by atoms with Crippen LogP contribution in [0.15, 0.2) is 6.07 Å². The molecular formula is C10H18N2O. The topological polar surface area (TPSA) is 51.2 Å². The van der Waals surface area contributed by atoms with Crippen LogP contribution in [-0.4, -0.2) is 15.7 Å². The first kappa shape index (κ1) is 10.3. The number of hydrogen-bond acceptors (Lipinski definition) is 2. The van der Waals surface area contributed by atoms with E-state index < -0.39 is 6.10 Å². The maximum absolute atomic E-state index is 9.78.